The Bertz CT molecular complexity index is 1000. The predicted octanol–water partition coefficient (Wildman–Crippen LogP) is 3.66. The molecule has 0 bridgehead atoms. The Morgan fingerprint density at radius 2 is 1.85 bits per heavy atom. The molecule has 3 rings (SSSR count). The maximum atomic E-state index is 13.0. The van der Waals surface area contributed by atoms with E-state index in [2.05, 4.69) is 25.9 Å². The van der Waals surface area contributed by atoms with Gasteiger partial charge < -0.3 is 16.2 Å². The van der Waals surface area contributed by atoms with E-state index < -0.39 is 0 Å². The number of benzene rings is 2. The third kappa shape index (κ3) is 3.73. The van der Waals surface area contributed by atoms with Crippen molar-refractivity contribution in [1.29, 1.82) is 5.26 Å². The zero-order valence-corrected chi connectivity index (χ0v) is 15.0. The minimum absolute atomic E-state index is 0.000500. The summed E-state index contributed by atoms with van der Waals surface area (Å²) in [6.45, 7) is 0.215. The predicted molar refractivity (Wildman–Crippen MR) is 99.4 cm³/mol. The molecule has 26 heavy (non-hydrogen) atoms. The van der Waals surface area contributed by atoms with E-state index in [1.165, 1.54) is 12.1 Å². The van der Waals surface area contributed by atoms with E-state index in [-0.39, 0.29) is 35.4 Å². The fourth-order valence-electron chi connectivity index (χ4n) is 2.36. The molecule has 6 nitrogen and oxygen atoms in total. The SMILES string of the molecule is N#Cc1c(N)nc(N)nc1-c1cc(Br)ccc1OCc1ccc(F)cc1. The number of anilines is 2. The van der Waals surface area contributed by atoms with Crippen molar-refractivity contribution < 1.29 is 9.13 Å². The number of nitrogens with two attached hydrogens (primary N) is 2. The first-order valence-electron chi connectivity index (χ1n) is 7.48. The van der Waals surface area contributed by atoms with Crippen molar-refractivity contribution in [3.8, 4) is 23.1 Å². The lowest BCUT2D eigenvalue weighted by Gasteiger charge is -2.13. The quantitative estimate of drug-likeness (QED) is 0.674. The highest BCUT2D eigenvalue weighted by Crippen LogP contribution is 2.35. The normalized spacial score (nSPS) is 10.3. The van der Waals surface area contributed by atoms with E-state index in [9.17, 15) is 9.65 Å². The summed E-state index contributed by atoms with van der Waals surface area (Å²) >= 11 is 3.40. The first-order valence-corrected chi connectivity index (χ1v) is 8.27. The van der Waals surface area contributed by atoms with Gasteiger partial charge in [-0.3, -0.25) is 0 Å². The molecule has 4 N–H and O–H groups in total. The Morgan fingerprint density at radius 3 is 2.54 bits per heavy atom. The molecule has 0 aliphatic rings. The average molecular weight is 414 g/mol. The first-order chi connectivity index (χ1) is 12.5. The summed E-state index contributed by atoms with van der Waals surface area (Å²) in [5, 5.41) is 9.41. The second kappa shape index (κ2) is 7.37. The summed E-state index contributed by atoms with van der Waals surface area (Å²) in [4.78, 5) is 7.98. The highest BCUT2D eigenvalue weighted by atomic mass is 79.9. The fraction of sp³-hybridized carbons (Fsp3) is 0.0556. The summed E-state index contributed by atoms with van der Waals surface area (Å²) < 4.78 is 19.6. The van der Waals surface area contributed by atoms with Gasteiger partial charge in [-0.25, -0.2) is 9.37 Å². The molecule has 130 valence electrons. The van der Waals surface area contributed by atoms with Crippen LogP contribution in [0.1, 0.15) is 11.1 Å². The zero-order chi connectivity index (χ0) is 18.7. The third-order valence-corrected chi connectivity index (χ3v) is 4.06. The van der Waals surface area contributed by atoms with Gasteiger partial charge in [0, 0.05) is 10.0 Å². The van der Waals surface area contributed by atoms with Gasteiger partial charge in [0.05, 0.1) is 5.69 Å². The standard InChI is InChI=1S/C18H13BrFN5O/c19-11-3-6-15(26-9-10-1-4-12(20)5-2-10)13(7-11)16-14(8-21)17(22)25-18(23)24-16/h1-7H,9H2,(H4,22,23,24,25). The highest BCUT2D eigenvalue weighted by molar-refractivity contribution is 9.10. The number of hydrogen-bond acceptors (Lipinski definition) is 6. The maximum absolute atomic E-state index is 13.0. The summed E-state index contributed by atoms with van der Waals surface area (Å²) in [5.74, 6) is 0.121. The van der Waals surface area contributed by atoms with Crippen LogP contribution >= 0.6 is 15.9 Å². The molecule has 0 amide bonds. The third-order valence-electron chi connectivity index (χ3n) is 3.57. The highest BCUT2D eigenvalue weighted by Gasteiger charge is 2.17. The largest absolute Gasteiger partial charge is 0.488 e. The van der Waals surface area contributed by atoms with Gasteiger partial charge in [-0.05, 0) is 35.9 Å². The van der Waals surface area contributed by atoms with Crippen LogP contribution in [0.5, 0.6) is 5.75 Å². The van der Waals surface area contributed by atoms with Crippen LogP contribution in [0.4, 0.5) is 16.2 Å². The van der Waals surface area contributed by atoms with Crippen molar-refractivity contribution >= 4 is 27.7 Å². The van der Waals surface area contributed by atoms with Gasteiger partial charge in [0.2, 0.25) is 5.95 Å². The molecular formula is C18H13BrFN5O. The van der Waals surface area contributed by atoms with Crippen molar-refractivity contribution in [2.75, 3.05) is 11.5 Å². The van der Waals surface area contributed by atoms with E-state index >= 15 is 0 Å². The summed E-state index contributed by atoms with van der Waals surface area (Å²) in [7, 11) is 0. The minimum atomic E-state index is -0.316. The van der Waals surface area contributed by atoms with Crippen LogP contribution in [-0.2, 0) is 6.61 Å². The first kappa shape index (κ1) is 17.6. The summed E-state index contributed by atoms with van der Waals surface area (Å²) in [5.41, 5.74) is 13.2. The maximum Gasteiger partial charge on any atom is 0.222 e. The van der Waals surface area contributed by atoms with E-state index in [0.29, 0.717) is 11.3 Å². The number of halogens is 2. The molecule has 0 saturated heterocycles. The van der Waals surface area contributed by atoms with Crippen molar-refractivity contribution in [3.63, 3.8) is 0 Å². The molecule has 0 aliphatic carbocycles. The number of nitrogen functional groups attached to an aromatic ring is 2. The van der Waals surface area contributed by atoms with Gasteiger partial charge in [-0.15, -0.1) is 0 Å². The number of nitrogens with zero attached hydrogens (tertiary/aromatic N) is 3. The van der Waals surface area contributed by atoms with E-state index in [1.54, 1.807) is 30.3 Å². The zero-order valence-electron chi connectivity index (χ0n) is 13.4. The molecule has 8 heteroatoms. The lowest BCUT2D eigenvalue weighted by atomic mass is 10.1. The lowest BCUT2D eigenvalue weighted by molar-refractivity contribution is 0.307. The number of ether oxygens (including phenoxy) is 1. The number of rotatable bonds is 4. The molecule has 0 fully saturated rings. The number of aromatic nitrogens is 2. The minimum Gasteiger partial charge on any atom is -0.488 e. The van der Waals surface area contributed by atoms with Crippen LogP contribution < -0.4 is 16.2 Å². The van der Waals surface area contributed by atoms with Gasteiger partial charge in [-0.2, -0.15) is 10.2 Å². The molecule has 3 aromatic rings. The van der Waals surface area contributed by atoms with Gasteiger partial charge in [-0.1, -0.05) is 28.1 Å². The van der Waals surface area contributed by atoms with Gasteiger partial charge >= 0.3 is 0 Å². The lowest BCUT2D eigenvalue weighted by Crippen LogP contribution is -2.06. The monoisotopic (exact) mass is 413 g/mol. The van der Waals surface area contributed by atoms with Crippen molar-refractivity contribution in [3.05, 3.63) is 63.9 Å². The number of hydrogen-bond donors (Lipinski definition) is 2. The van der Waals surface area contributed by atoms with Crippen molar-refractivity contribution in [1.82, 2.24) is 9.97 Å². The molecule has 1 aromatic heterocycles. The van der Waals surface area contributed by atoms with Crippen LogP contribution in [0.25, 0.3) is 11.3 Å². The molecule has 0 saturated carbocycles. The molecule has 0 unspecified atom stereocenters. The van der Waals surface area contributed by atoms with E-state index in [1.807, 2.05) is 6.07 Å². The second-order valence-electron chi connectivity index (χ2n) is 5.36. The molecule has 1 heterocycles. The summed E-state index contributed by atoms with van der Waals surface area (Å²) in [6, 6.07) is 13.3. The van der Waals surface area contributed by atoms with E-state index in [4.69, 9.17) is 16.2 Å². The van der Waals surface area contributed by atoms with Crippen molar-refractivity contribution in [2.24, 2.45) is 0 Å². The molecule has 0 radical (unpaired) electrons. The van der Waals surface area contributed by atoms with Crippen LogP contribution in [0.2, 0.25) is 0 Å². The Morgan fingerprint density at radius 1 is 1.12 bits per heavy atom. The second-order valence-corrected chi connectivity index (χ2v) is 6.27. The Balaban J connectivity index is 2.02. The Hall–Kier alpha value is -3.18. The summed E-state index contributed by atoms with van der Waals surface area (Å²) in [6.07, 6.45) is 0. The average Bonchev–Trinajstić information content (AvgIpc) is 2.61. The molecular weight excluding hydrogens is 401 g/mol. The van der Waals surface area contributed by atoms with Gasteiger partial charge in [0.15, 0.2) is 0 Å². The molecule has 0 atom stereocenters. The Labute approximate surface area is 157 Å². The fourth-order valence-corrected chi connectivity index (χ4v) is 2.72. The number of nitriles is 1. The molecule has 0 aliphatic heterocycles. The molecule has 0 spiro atoms. The topological polar surface area (TPSA) is 111 Å². The van der Waals surface area contributed by atoms with Crippen LogP contribution in [0, 0.1) is 17.1 Å². The van der Waals surface area contributed by atoms with Crippen LogP contribution in [0.15, 0.2) is 46.9 Å². The van der Waals surface area contributed by atoms with Crippen LogP contribution in [0.3, 0.4) is 0 Å². The Kier molecular flexibility index (Phi) is 5.00. The van der Waals surface area contributed by atoms with Crippen molar-refractivity contribution in [2.45, 2.75) is 6.61 Å². The molecule has 2 aromatic carbocycles. The van der Waals surface area contributed by atoms with Crippen LogP contribution in [-0.4, -0.2) is 9.97 Å². The smallest absolute Gasteiger partial charge is 0.222 e. The van der Waals surface area contributed by atoms with Gasteiger partial charge in [0.25, 0.3) is 0 Å². The van der Waals surface area contributed by atoms with E-state index in [0.717, 1.165) is 10.0 Å². The van der Waals surface area contributed by atoms with Gasteiger partial charge in [0.1, 0.15) is 35.6 Å².